The van der Waals surface area contributed by atoms with E-state index in [1.807, 2.05) is 0 Å². The molecular formula is C17H30O3. The molecule has 3 heteroatoms. The van der Waals surface area contributed by atoms with E-state index in [4.69, 9.17) is 16.6 Å². The van der Waals surface area contributed by atoms with Gasteiger partial charge in [-0.1, -0.05) is 64.2 Å². The predicted molar refractivity (Wildman–Crippen MR) is 82.5 cm³/mol. The Balaban J connectivity index is 3.07. The molecule has 0 saturated heterocycles. The van der Waals surface area contributed by atoms with Crippen molar-refractivity contribution in [2.24, 2.45) is 0 Å². The van der Waals surface area contributed by atoms with E-state index in [9.17, 15) is 4.79 Å². The zero-order valence-electron chi connectivity index (χ0n) is 12.6. The number of aliphatic carboxylic acids is 1. The maximum absolute atomic E-state index is 10.4. The number of terminal acetylenes is 1. The van der Waals surface area contributed by atoms with Gasteiger partial charge in [0.15, 0.2) is 6.10 Å². The van der Waals surface area contributed by atoms with Crippen LogP contribution in [-0.4, -0.2) is 22.3 Å². The van der Waals surface area contributed by atoms with Crippen LogP contribution >= 0.6 is 0 Å². The van der Waals surface area contributed by atoms with Gasteiger partial charge in [-0.2, -0.15) is 0 Å². The summed E-state index contributed by atoms with van der Waals surface area (Å²) in [7, 11) is 0. The highest BCUT2D eigenvalue weighted by Crippen LogP contribution is 2.12. The molecule has 0 bridgehead atoms. The van der Waals surface area contributed by atoms with Crippen molar-refractivity contribution in [3.63, 3.8) is 0 Å². The van der Waals surface area contributed by atoms with E-state index in [0.717, 1.165) is 25.7 Å². The zero-order valence-corrected chi connectivity index (χ0v) is 12.6. The fourth-order valence-corrected chi connectivity index (χ4v) is 2.28. The molecule has 0 aliphatic rings. The van der Waals surface area contributed by atoms with Gasteiger partial charge < -0.3 is 10.2 Å². The average molecular weight is 282 g/mol. The first kappa shape index (κ1) is 19.0. The third-order valence-electron chi connectivity index (χ3n) is 3.58. The molecule has 1 unspecified atom stereocenters. The highest BCUT2D eigenvalue weighted by molar-refractivity contribution is 5.71. The Morgan fingerprint density at radius 2 is 1.25 bits per heavy atom. The maximum atomic E-state index is 10.4. The Labute approximate surface area is 123 Å². The molecule has 0 aromatic rings. The molecule has 0 fully saturated rings. The fourth-order valence-electron chi connectivity index (χ4n) is 2.28. The van der Waals surface area contributed by atoms with E-state index >= 15 is 0 Å². The van der Waals surface area contributed by atoms with Crippen molar-refractivity contribution in [3.8, 4) is 12.3 Å². The molecule has 0 aliphatic heterocycles. The van der Waals surface area contributed by atoms with Crippen LogP contribution in [0, 0.1) is 12.3 Å². The Kier molecular flexibility index (Phi) is 13.7. The lowest BCUT2D eigenvalue weighted by Gasteiger charge is -2.05. The third kappa shape index (κ3) is 13.4. The Hall–Kier alpha value is -1.01. The van der Waals surface area contributed by atoms with Crippen molar-refractivity contribution in [2.45, 2.75) is 89.6 Å². The Morgan fingerprint density at radius 1 is 0.850 bits per heavy atom. The van der Waals surface area contributed by atoms with Crippen LogP contribution in [0.4, 0.5) is 0 Å². The fraction of sp³-hybridized carbons (Fsp3) is 0.824. The van der Waals surface area contributed by atoms with Gasteiger partial charge in [0.1, 0.15) is 0 Å². The monoisotopic (exact) mass is 282 g/mol. The SMILES string of the molecule is C#CCCCCCCCCCCCCCC(O)C(=O)O. The molecule has 1 atom stereocenters. The van der Waals surface area contributed by atoms with Crippen molar-refractivity contribution in [1.29, 1.82) is 0 Å². The number of hydrogen-bond acceptors (Lipinski definition) is 2. The largest absolute Gasteiger partial charge is 0.479 e. The first-order chi connectivity index (χ1) is 9.68. The highest BCUT2D eigenvalue weighted by Gasteiger charge is 2.11. The lowest BCUT2D eigenvalue weighted by molar-refractivity contribution is -0.146. The van der Waals surface area contributed by atoms with Gasteiger partial charge >= 0.3 is 5.97 Å². The highest BCUT2D eigenvalue weighted by atomic mass is 16.4. The minimum atomic E-state index is -1.18. The van der Waals surface area contributed by atoms with E-state index in [1.165, 1.54) is 51.4 Å². The molecule has 3 nitrogen and oxygen atoms in total. The summed E-state index contributed by atoms with van der Waals surface area (Å²) in [5, 5.41) is 17.6. The van der Waals surface area contributed by atoms with Crippen molar-refractivity contribution < 1.29 is 15.0 Å². The lowest BCUT2D eigenvalue weighted by atomic mass is 10.0. The number of hydrogen-bond donors (Lipinski definition) is 2. The Bertz CT molecular complexity index is 268. The molecular weight excluding hydrogens is 252 g/mol. The summed E-state index contributed by atoms with van der Waals surface area (Å²) in [5.74, 6) is 1.56. The van der Waals surface area contributed by atoms with Crippen LogP contribution in [0.5, 0.6) is 0 Å². The van der Waals surface area contributed by atoms with Gasteiger partial charge in [0.25, 0.3) is 0 Å². The summed E-state index contributed by atoms with van der Waals surface area (Å²) in [4.78, 5) is 10.4. The molecule has 0 rings (SSSR count). The standard InChI is InChI=1S/C17H30O3/c1-2-3-4-5-6-7-8-9-10-11-12-13-14-15-16(18)17(19)20/h1,16,18H,3-15H2,(H,19,20). The second-order valence-corrected chi connectivity index (χ2v) is 5.49. The summed E-state index contributed by atoms with van der Waals surface area (Å²) >= 11 is 0. The first-order valence-electron chi connectivity index (χ1n) is 8.03. The summed E-state index contributed by atoms with van der Waals surface area (Å²) < 4.78 is 0. The van der Waals surface area contributed by atoms with E-state index in [1.54, 1.807) is 0 Å². The number of rotatable bonds is 14. The molecule has 0 spiro atoms. The topological polar surface area (TPSA) is 57.5 Å². The van der Waals surface area contributed by atoms with Gasteiger partial charge in [0.05, 0.1) is 0 Å². The van der Waals surface area contributed by atoms with Gasteiger partial charge in [-0.3, -0.25) is 0 Å². The average Bonchev–Trinajstić information content (AvgIpc) is 2.43. The third-order valence-corrected chi connectivity index (χ3v) is 3.58. The Morgan fingerprint density at radius 3 is 1.65 bits per heavy atom. The van der Waals surface area contributed by atoms with Crippen LogP contribution in [0.3, 0.4) is 0 Å². The number of aliphatic hydroxyl groups is 1. The second-order valence-electron chi connectivity index (χ2n) is 5.49. The van der Waals surface area contributed by atoms with E-state index in [0.29, 0.717) is 6.42 Å². The van der Waals surface area contributed by atoms with Gasteiger partial charge in [-0.15, -0.1) is 12.3 Å². The number of carboxylic acids is 1. The van der Waals surface area contributed by atoms with Crippen molar-refractivity contribution in [1.82, 2.24) is 0 Å². The molecule has 0 amide bonds. The summed E-state index contributed by atoms with van der Waals surface area (Å²) in [6.07, 6.45) is 18.4. The van der Waals surface area contributed by atoms with Crippen molar-refractivity contribution in [3.05, 3.63) is 0 Å². The van der Waals surface area contributed by atoms with Crippen LogP contribution in [0.25, 0.3) is 0 Å². The molecule has 20 heavy (non-hydrogen) atoms. The van der Waals surface area contributed by atoms with Crippen LogP contribution in [0.1, 0.15) is 83.5 Å². The van der Waals surface area contributed by atoms with Gasteiger partial charge in [-0.05, 0) is 12.8 Å². The lowest BCUT2D eigenvalue weighted by Crippen LogP contribution is -2.18. The van der Waals surface area contributed by atoms with E-state index < -0.39 is 12.1 Å². The molecule has 0 aliphatic carbocycles. The van der Waals surface area contributed by atoms with E-state index in [2.05, 4.69) is 5.92 Å². The van der Waals surface area contributed by atoms with Crippen LogP contribution < -0.4 is 0 Å². The number of unbranched alkanes of at least 4 members (excludes halogenated alkanes) is 11. The predicted octanol–water partition coefficient (Wildman–Crippen LogP) is 4.14. The smallest absolute Gasteiger partial charge is 0.332 e. The van der Waals surface area contributed by atoms with Gasteiger partial charge in [0, 0.05) is 6.42 Å². The second kappa shape index (κ2) is 14.4. The van der Waals surface area contributed by atoms with Crippen LogP contribution in [-0.2, 0) is 4.79 Å². The van der Waals surface area contributed by atoms with Gasteiger partial charge in [0.2, 0.25) is 0 Å². The number of carbonyl (C=O) groups is 1. The number of carboxylic acid groups (broad SMARTS) is 1. The zero-order chi connectivity index (χ0) is 15.1. The maximum Gasteiger partial charge on any atom is 0.332 e. The normalized spacial score (nSPS) is 12.0. The van der Waals surface area contributed by atoms with E-state index in [-0.39, 0.29) is 0 Å². The van der Waals surface area contributed by atoms with Crippen LogP contribution in [0.15, 0.2) is 0 Å². The minimum absolute atomic E-state index is 0.382. The molecule has 0 radical (unpaired) electrons. The first-order valence-corrected chi connectivity index (χ1v) is 8.03. The van der Waals surface area contributed by atoms with Gasteiger partial charge in [-0.25, -0.2) is 4.79 Å². The molecule has 0 saturated carbocycles. The molecule has 0 aromatic heterocycles. The molecule has 0 aromatic carbocycles. The number of aliphatic hydroxyl groups excluding tert-OH is 1. The van der Waals surface area contributed by atoms with Crippen molar-refractivity contribution in [2.75, 3.05) is 0 Å². The molecule has 116 valence electrons. The molecule has 2 N–H and O–H groups in total. The minimum Gasteiger partial charge on any atom is -0.479 e. The van der Waals surface area contributed by atoms with Crippen molar-refractivity contribution >= 4 is 5.97 Å². The van der Waals surface area contributed by atoms with Crippen LogP contribution in [0.2, 0.25) is 0 Å². The summed E-state index contributed by atoms with van der Waals surface area (Å²) in [6, 6.07) is 0. The summed E-state index contributed by atoms with van der Waals surface area (Å²) in [5.41, 5.74) is 0. The summed E-state index contributed by atoms with van der Waals surface area (Å²) in [6.45, 7) is 0. The quantitative estimate of drug-likeness (QED) is 0.372. The molecule has 0 heterocycles.